The van der Waals surface area contributed by atoms with Gasteiger partial charge >= 0.3 is 12.0 Å². The number of carboxylic acids is 1. The van der Waals surface area contributed by atoms with Crippen molar-refractivity contribution in [2.45, 2.75) is 13.5 Å². The van der Waals surface area contributed by atoms with E-state index in [1.54, 1.807) is 31.2 Å². The summed E-state index contributed by atoms with van der Waals surface area (Å²) in [4.78, 5) is 50.5. The molecule has 0 radical (unpaired) electrons. The minimum Gasteiger partial charge on any atom is -0.487 e. The van der Waals surface area contributed by atoms with Gasteiger partial charge in [-0.2, -0.15) is 0 Å². The number of nitrogens with zero attached hydrogens (tertiary/aromatic N) is 1. The van der Waals surface area contributed by atoms with Crippen LogP contribution in [0.4, 0.5) is 10.5 Å². The fourth-order valence-corrected chi connectivity index (χ4v) is 4.32. The SMILES string of the molecule is Cc1ccc(Cl)cc1N1C(=O)NC(=O)/C(=C\c2cc(Cl)cc(Cl)c2OCc2ccc(C(=O)O)cc2)C1=O. The van der Waals surface area contributed by atoms with Crippen molar-refractivity contribution in [2.75, 3.05) is 4.90 Å². The number of anilines is 1. The van der Waals surface area contributed by atoms with Crippen LogP contribution in [0.1, 0.15) is 27.0 Å². The second-order valence-electron chi connectivity index (χ2n) is 7.99. The molecule has 37 heavy (non-hydrogen) atoms. The lowest BCUT2D eigenvalue weighted by atomic mass is 10.0. The number of ether oxygens (including phenoxy) is 1. The van der Waals surface area contributed by atoms with E-state index in [1.807, 2.05) is 0 Å². The second-order valence-corrected chi connectivity index (χ2v) is 9.27. The van der Waals surface area contributed by atoms with Crippen LogP contribution < -0.4 is 15.0 Å². The van der Waals surface area contributed by atoms with E-state index in [-0.39, 0.29) is 44.8 Å². The van der Waals surface area contributed by atoms with Crippen LogP contribution in [0.3, 0.4) is 0 Å². The molecule has 1 heterocycles. The van der Waals surface area contributed by atoms with Gasteiger partial charge in [-0.1, -0.05) is 53.0 Å². The lowest BCUT2D eigenvalue weighted by Gasteiger charge is -2.27. The Balaban J connectivity index is 1.70. The molecular formula is C26H17Cl3N2O6. The Morgan fingerprint density at radius 2 is 1.70 bits per heavy atom. The van der Waals surface area contributed by atoms with Gasteiger partial charge in [-0.05, 0) is 60.5 Å². The van der Waals surface area contributed by atoms with Crippen molar-refractivity contribution in [1.29, 1.82) is 0 Å². The first-order chi connectivity index (χ1) is 17.5. The molecule has 4 rings (SSSR count). The number of hydrogen-bond acceptors (Lipinski definition) is 5. The van der Waals surface area contributed by atoms with Gasteiger partial charge in [0.15, 0.2) is 0 Å². The number of urea groups is 1. The van der Waals surface area contributed by atoms with Crippen LogP contribution in [0, 0.1) is 6.92 Å². The average molecular weight is 560 g/mol. The summed E-state index contributed by atoms with van der Waals surface area (Å²) in [6, 6.07) is 12.7. The van der Waals surface area contributed by atoms with E-state index in [0.717, 1.165) is 4.90 Å². The van der Waals surface area contributed by atoms with E-state index in [2.05, 4.69) is 5.32 Å². The molecule has 0 atom stereocenters. The summed E-state index contributed by atoms with van der Waals surface area (Å²) in [7, 11) is 0. The van der Waals surface area contributed by atoms with Gasteiger partial charge in [0.05, 0.1) is 16.3 Å². The minimum atomic E-state index is -1.06. The number of imide groups is 2. The lowest BCUT2D eigenvalue weighted by molar-refractivity contribution is -0.122. The maximum absolute atomic E-state index is 13.3. The second kappa shape index (κ2) is 10.6. The molecule has 0 bridgehead atoms. The Bertz CT molecular complexity index is 1480. The molecule has 11 heteroatoms. The van der Waals surface area contributed by atoms with Crippen LogP contribution >= 0.6 is 34.8 Å². The van der Waals surface area contributed by atoms with Crippen molar-refractivity contribution < 1.29 is 29.0 Å². The van der Waals surface area contributed by atoms with Crippen molar-refractivity contribution >= 4 is 70.4 Å². The standard InChI is InChI=1S/C26H17Cl3N2O6/c1-13-2-7-17(27)11-21(13)31-24(33)19(23(32)30-26(31)36)9-16-8-18(28)10-20(29)22(16)37-12-14-3-5-15(6-4-14)25(34)35/h2-11H,12H2,1H3,(H,34,35)(H,30,32,36)/b19-9+. The van der Waals surface area contributed by atoms with Crippen LogP contribution in [0.5, 0.6) is 5.75 Å². The van der Waals surface area contributed by atoms with Crippen LogP contribution in [0.2, 0.25) is 15.1 Å². The van der Waals surface area contributed by atoms with Gasteiger partial charge in [-0.15, -0.1) is 0 Å². The Labute approximate surface area is 226 Å². The Hall–Kier alpha value is -3.85. The molecule has 0 aromatic heterocycles. The summed E-state index contributed by atoms with van der Waals surface area (Å²) in [6.07, 6.45) is 1.23. The zero-order chi connectivity index (χ0) is 26.9. The van der Waals surface area contributed by atoms with Crippen molar-refractivity contribution in [3.8, 4) is 5.75 Å². The lowest BCUT2D eigenvalue weighted by Crippen LogP contribution is -2.54. The van der Waals surface area contributed by atoms with Crippen LogP contribution in [0.15, 0.2) is 60.2 Å². The number of aromatic carboxylic acids is 1. The predicted molar refractivity (Wildman–Crippen MR) is 139 cm³/mol. The van der Waals surface area contributed by atoms with Crippen LogP contribution in [-0.4, -0.2) is 28.9 Å². The van der Waals surface area contributed by atoms with Gasteiger partial charge in [-0.3, -0.25) is 14.9 Å². The maximum atomic E-state index is 13.3. The zero-order valence-electron chi connectivity index (χ0n) is 19.1. The monoisotopic (exact) mass is 558 g/mol. The smallest absolute Gasteiger partial charge is 0.335 e. The van der Waals surface area contributed by atoms with Gasteiger partial charge in [0.2, 0.25) is 0 Å². The highest BCUT2D eigenvalue weighted by atomic mass is 35.5. The molecule has 3 aromatic rings. The third kappa shape index (κ3) is 5.61. The summed E-state index contributed by atoms with van der Waals surface area (Å²) in [5, 5.41) is 11.9. The van der Waals surface area contributed by atoms with Gasteiger partial charge < -0.3 is 9.84 Å². The Morgan fingerprint density at radius 3 is 2.38 bits per heavy atom. The van der Waals surface area contributed by atoms with Gasteiger partial charge in [-0.25, -0.2) is 14.5 Å². The number of amides is 4. The molecule has 1 saturated heterocycles. The third-order valence-electron chi connectivity index (χ3n) is 5.43. The Morgan fingerprint density at radius 1 is 1.00 bits per heavy atom. The number of halogens is 3. The molecule has 0 spiro atoms. The Kier molecular flexibility index (Phi) is 7.54. The van der Waals surface area contributed by atoms with Gasteiger partial charge in [0.25, 0.3) is 11.8 Å². The fraction of sp³-hybridized carbons (Fsp3) is 0.0769. The summed E-state index contributed by atoms with van der Waals surface area (Å²) >= 11 is 18.6. The summed E-state index contributed by atoms with van der Waals surface area (Å²) in [5.74, 6) is -2.70. The molecule has 0 saturated carbocycles. The van der Waals surface area contributed by atoms with Crippen molar-refractivity contribution in [1.82, 2.24) is 5.32 Å². The van der Waals surface area contributed by atoms with Crippen LogP contribution in [0.25, 0.3) is 6.08 Å². The molecule has 4 amide bonds. The highest BCUT2D eigenvalue weighted by Gasteiger charge is 2.37. The number of hydrogen-bond donors (Lipinski definition) is 2. The largest absolute Gasteiger partial charge is 0.487 e. The number of benzene rings is 3. The fourth-order valence-electron chi connectivity index (χ4n) is 3.59. The molecule has 188 valence electrons. The molecule has 1 aliphatic rings. The summed E-state index contributed by atoms with van der Waals surface area (Å²) < 4.78 is 5.87. The normalized spacial score (nSPS) is 14.6. The molecule has 1 fully saturated rings. The van der Waals surface area contributed by atoms with Crippen molar-refractivity contribution in [3.63, 3.8) is 0 Å². The van der Waals surface area contributed by atoms with E-state index >= 15 is 0 Å². The topological polar surface area (TPSA) is 113 Å². The first kappa shape index (κ1) is 26.2. The van der Waals surface area contributed by atoms with E-state index in [0.29, 0.717) is 16.1 Å². The van der Waals surface area contributed by atoms with Crippen molar-refractivity contribution in [3.05, 3.63) is 97.5 Å². The minimum absolute atomic E-state index is 0.00386. The molecule has 0 unspecified atom stereocenters. The average Bonchev–Trinajstić information content (AvgIpc) is 2.83. The number of aryl methyl sites for hydroxylation is 1. The van der Waals surface area contributed by atoms with Crippen molar-refractivity contribution in [2.24, 2.45) is 0 Å². The van der Waals surface area contributed by atoms with E-state index < -0.39 is 23.8 Å². The first-order valence-electron chi connectivity index (χ1n) is 10.7. The van der Waals surface area contributed by atoms with E-state index in [4.69, 9.17) is 44.6 Å². The molecule has 0 aliphatic carbocycles. The third-order valence-corrected chi connectivity index (χ3v) is 6.17. The summed E-state index contributed by atoms with van der Waals surface area (Å²) in [6.45, 7) is 1.70. The molecule has 1 aliphatic heterocycles. The number of carbonyl (C=O) groups is 4. The quantitative estimate of drug-likeness (QED) is 0.287. The molecule has 2 N–H and O–H groups in total. The number of barbiturate groups is 1. The number of carbonyl (C=O) groups excluding carboxylic acids is 3. The summed E-state index contributed by atoms with van der Waals surface area (Å²) in [5.41, 5.74) is 1.44. The van der Waals surface area contributed by atoms with Gasteiger partial charge in [0, 0.05) is 15.6 Å². The molecule has 8 nitrogen and oxygen atoms in total. The van der Waals surface area contributed by atoms with E-state index in [1.165, 1.54) is 36.4 Å². The number of nitrogens with one attached hydrogen (secondary N) is 1. The zero-order valence-corrected chi connectivity index (χ0v) is 21.3. The van der Waals surface area contributed by atoms with Gasteiger partial charge in [0.1, 0.15) is 17.9 Å². The first-order valence-corrected chi connectivity index (χ1v) is 11.8. The van der Waals surface area contributed by atoms with E-state index in [9.17, 15) is 19.2 Å². The maximum Gasteiger partial charge on any atom is 0.335 e. The van der Waals surface area contributed by atoms with Crippen LogP contribution in [-0.2, 0) is 16.2 Å². The number of carboxylic acid groups (broad SMARTS) is 1. The highest BCUT2D eigenvalue weighted by molar-refractivity contribution is 6.40. The number of rotatable bonds is 6. The predicted octanol–water partition coefficient (Wildman–Crippen LogP) is 5.90. The highest BCUT2D eigenvalue weighted by Crippen LogP contribution is 2.36. The molecule has 3 aromatic carbocycles. The molecular weight excluding hydrogens is 543 g/mol.